The Morgan fingerprint density at radius 3 is 2.55 bits per heavy atom. The van der Waals surface area contributed by atoms with Gasteiger partial charge in [-0.05, 0) is 70.0 Å². The highest BCUT2D eigenvalue weighted by Gasteiger charge is 2.45. The molecule has 0 aliphatic carbocycles. The molecule has 1 aromatic carbocycles. The van der Waals surface area contributed by atoms with E-state index in [9.17, 15) is 9.59 Å². The van der Waals surface area contributed by atoms with Gasteiger partial charge < -0.3 is 15.1 Å². The minimum Gasteiger partial charge on any atom is -0.313 e. The molecule has 0 unspecified atom stereocenters. The number of anilines is 2. The Labute approximate surface area is 172 Å². The van der Waals surface area contributed by atoms with E-state index in [1.165, 1.54) is 5.56 Å². The van der Waals surface area contributed by atoms with Crippen molar-refractivity contribution in [3.63, 3.8) is 0 Å². The highest BCUT2D eigenvalue weighted by Crippen LogP contribution is 2.38. The smallest absolute Gasteiger partial charge is 0.242 e. The maximum atomic E-state index is 12.9. The van der Waals surface area contributed by atoms with Crippen molar-refractivity contribution in [3.8, 4) is 0 Å². The van der Waals surface area contributed by atoms with E-state index in [1.807, 2.05) is 44.3 Å². The summed E-state index contributed by atoms with van der Waals surface area (Å²) in [5, 5.41) is 3.46. The lowest BCUT2D eigenvalue weighted by Gasteiger charge is -2.27. The predicted octanol–water partition coefficient (Wildman–Crippen LogP) is 3.08. The number of aryl methyl sites for hydroxylation is 1. The van der Waals surface area contributed by atoms with E-state index >= 15 is 0 Å². The summed E-state index contributed by atoms with van der Waals surface area (Å²) in [5.74, 6) is -0.342. The fourth-order valence-electron chi connectivity index (χ4n) is 3.79. The van der Waals surface area contributed by atoms with Crippen LogP contribution in [0.4, 0.5) is 11.4 Å². The van der Waals surface area contributed by atoms with Crippen molar-refractivity contribution in [1.82, 2.24) is 10.3 Å². The van der Waals surface area contributed by atoms with Crippen molar-refractivity contribution in [1.29, 1.82) is 0 Å². The van der Waals surface area contributed by atoms with Crippen molar-refractivity contribution in [2.75, 3.05) is 29.9 Å². The second-order valence-electron chi connectivity index (χ2n) is 8.04. The molecule has 6 nitrogen and oxygen atoms in total. The lowest BCUT2D eigenvalue weighted by atomic mass is 9.90. The van der Waals surface area contributed by atoms with Crippen LogP contribution in [0.25, 0.3) is 0 Å². The Hall–Kier alpha value is -2.73. The maximum Gasteiger partial charge on any atom is 0.242 e. The zero-order valence-electron chi connectivity index (χ0n) is 18.0. The summed E-state index contributed by atoms with van der Waals surface area (Å²) < 4.78 is 0. The molecule has 1 aliphatic heterocycles. The first-order valence-corrected chi connectivity index (χ1v) is 10.1. The number of nitrogens with one attached hydrogen (secondary N) is 1. The van der Waals surface area contributed by atoms with Gasteiger partial charge in [-0.2, -0.15) is 0 Å². The van der Waals surface area contributed by atoms with E-state index in [0.29, 0.717) is 13.1 Å². The SMILES string of the molecule is CCN1C(=O)C(C)(C)C(=O)N(C)c2cc(CNCCc3cccnc3C)ccc21. The highest BCUT2D eigenvalue weighted by molar-refractivity contribution is 6.19. The van der Waals surface area contributed by atoms with Gasteiger partial charge in [0.05, 0.1) is 11.4 Å². The van der Waals surface area contributed by atoms with Gasteiger partial charge in [0.1, 0.15) is 5.41 Å². The number of hydrogen-bond donors (Lipinski definition) is 1. The molecule has 154 valence electrons. The molecule has 2 heterocycles. The van der Waals surface area contributed by atoms with Gasteiger partial charge in [0.2, 0.25) is 11.8 Å². The van der Waals surface area contributed by atoms with E-state index in [1.54, 1.807) is 30.7 Å². The molecule has 0 atom stereocenters. The van der Waals surface area contributed by atoms with Gasteiger partial charge in [-0.3, -0.25) is 14.6 Å². The van der Waals surface area contributed by atoms with Gasteiger partial charge in [0.15, 0.2) is 0 Å². The monoisotopic (exact) mass is 394 g/mol. The summed E-state index contributed by atoms with van der Waals surface area (Å²) in [6, 6.07) is 10.0. The van der Waals surface area contributed by atoms with Crippen LogP contribution in [0.1, 0.15) is 37.6 Å². The van der Waals surface area contributed by atoms with E-state index < -0.39 is 5.41 Å². The lowest BCUT2D eigenvalue weighted by molar-refractivity contribution is -0.137. The summed E-state index contributed by atoms with van der Waals surface area (Å²) in [4.78, 5) is 33.5. The summed E-state index contributed by atoms with van der Waals surface area (Å²) in [6.07, 6.45) is 2.72. The number of rotatable bonds is 6. The van der Waals surface area contributed by atoms with Crippen molar-refractivity contribution >= 4 is 23.2 Å². The second-order valence-corrected chi connectivity index (χ2v) is 8.04. The molecular formula is C23H30N4O2. The van der Waals surface area contributed by atoms with Gasteiger partial charge in [-0.1, -0.05) is 12.1 Å². The fraction of sp³-hybridized carbons (Fsp3) is 0.435. The molecule has 29 heavy (non-hydrogen) atoms. The minimum atomic E-state index is -1.08. The summed E-state index contributed by atoms with van der Waals surface area (Å²) in [6.45, 7) is 9.42. The van der Waals surface area contributed by atoms with Crippen LogP contribution in [-0.2, 0) is 22.6 Å². The molecule has 0 spiro atoms. The number of amides is 2. The quantitative estimate of drug-likeness (QED) is 0.604. The molecule has 1 aliphatic rings. The standard InChI is InChI=1S/C23H30N4O2/c1-6-27-19-10-9-17(15-24-13-11-18-8-7-12-25-16(18)2)14-20(19)26(5)21(28)23(3,4)22(27)29/h7-10,12,14,24H,6,11,13,15H2,1-5H3. The maximum absolute atomic E-state index is 12.9. The lowest BCUT2D eigenvalue weighted by Crippen LogP contribution is -2.47. The van der Waals surface area contributed by atoms with Crippen LogP contribution in [0.15, 0.2) is 36.5 Å². The van der Waals surface area contributed by atoms with E-state index in [4.69, 9.17) is 0 Å². The average Bonchev–Trinajstić information content (AvgIpc) is 2.76. The Morgan fingerprint density at radius 1 is 1.10 bits per heavy atom. The zero-order chi connectivity index (χ0) is 21.2. The molecule has 0 bridgehead atoms. The Balaban J connectivity index is 1.76. The van der Waals surface area contributed by atoms with Crippen LogP contribution in [-0.4, -0.2) is 36.9 Å². The number of carbonyl (C=O) groups excluding carboxylic acids is 2. The van der Waals surface area contributed by atoms with Crippen molar-refractivity contribution in [3.05, 3.63) is 53.3 Å². The van der Waals surface area contributed by atoms with E-state index in [2.05, 4.69) is 16.4 Å². The number of fused-ring (bicyclic) bond motifs is 1. The van der Waals surface area contributed by atoms with Crippen LogP contribution < -0.4 is 15.1 Å². The number of pyridine rings is 1. The van der Waals surface area contributed by atoms with Crippen LogP contribution >= 0.6 is 0 Å². The zero-order valence-corrected chi connectivity index (χ0v) is 18.0. The molecule has 2 amide bonds. The van der Waals surface area contributed by atoms with Crippen molar-refractivity contribution in [2.45, 2.75) is 40.7 Å². The first-order valence-electron chi connectivity index (χ1n) is 10.1. The third-order valence-corrected chi connectivity index (χ3v) is 5.64. The predicted molar refractivity (Wildman–Crippen MR) is 116 cm³/mol. The number of nitrogens with zero attached hydrogens (tertiary/aromatic N) is 3. The van der Waals surface area contributed by atoms with Crippen LogP contribution in [0.5, 0.6) is 0 Å². The Morgan fingerprint density at radius 2 is 1.86 bits per heavy atom. The van der Waals surface area contributed by atoms with Crippen molar-refractivity contribution < 1.29 is 9.59 Å². The van der Waals surface area contributed by atoms with Crippen molar-refractivity contribution in [2.24, 2.45) is 5.41 Å². The summed E-state index contributed by atoms with van der Waals surface area (Å²) in [7, 11) is 1.75. The second kappa shape index (κ2) is 8.33. The number of benzene rings is 1. The van der Waals surface area contributed by atoms with Gasteiger partial charge in [0, 0.05) is 32.0 Å². The highest BCUT2D eigenvalue weighted by atomic mass is 16.2. The largest absolute Gasteiger partial charge is 0.313 e. The average molecular weight is 395 g/mol. The minimum absolute atomic E-state index is 0.159. The number of hydrogen-bond acceptors (Lipinski definition) is 4. The van der Waals surface area contributed by atoms with Crippen LogP contribution in [0.3, 0.4) is 0 Å². The molecule has 0 saturated heterocycles. The number of carbonyl (C=O) groups is 2. The third-order valence-electron chi connectivity index (χ3n) is 5.64. The fourth-order valence-corrected chi connectivity index (χ4v) is 3.79. The molecule has 2 aromatic rings. The first-order chi connectivity index (χ1) is 13.8. The van der Waals surface area contributed by atoms with Gasteiger partial charge in [-0.25, -0.2) is 0 Å². The van der Waals surface area contributed by atoms with Crippen LogP contribution in [0, 0.1) is 12.3 Å². The molecule has 1 N–H and O–H groups in total. The molecular weight excluding hydrogens is 364 g/mol. The molecule has 0 saturated carbocycles. The molecule has 1 aromatic heterocycles. The third kappa shape index (κ3) is 4.03. The van der Waals surface area contributed by atoms with E-state index in [0.717, 1.165) is 35.6 Å². The summed E-state index contributed by atoms with van der Waals surface area (Å²) >= 11 is 0. The van der Waals surface area contributed by atoms with E-state index in [-0.39, 0.29) is 11.8 Å². The van der Waals surface area contributed by atoms with Gasteiger partial charge in [0.25, 0.3) is 0 Å². The Kier molecular flexibility index (Phi) is 6.03. The molecule has 6 heteroatoms. The molecule has 0 radical (unpaired) electrons. The van der Waals surface area contributed by atoms with Gasteiger partial charge in [-0.15, -0.1) is 0 Å². The van der Waals surface area contributed by atoms with Crippen LogP contribution in [0.2, 0.25) is 0 Å². The molecule has 0 fully saturated rings. The Bertz CT molecular complexity index is 923. The number of aromatic nitrogens is 1. The normalized spacial score (nSPS) is 16.0. The first kappa shape index (κ1) is 21.0. The topological polar surface area (TPSA) is 65.5 Å². The van der Waals surface area contributed by atoms with Gasteiger partial charge >= 0.3 is 0 Å². The summed E-state index contributed by atoms with van der Waals surface area (Å²) in [5.41, 5.74) is 3.86. The molecule has 3 rings (SSSR count).